The predicted octanol–water partition coefficient (Wildman–Crippen LogP) is 0.851. The Hall–Kier alpha value is -0.0200. The van der Waals surface area contributed by atoms with Gasteiger partial charge in [-0.25, -0.2) is 4.72 Å². The van der Waals surface area contributed by atoms with E-state index in [0.717, 1.165) is 0 Å². The van der Waals surface area contributed by atoms with Gasteiger partial charge in [-0.05, 0) is 22.0 Å². The molecule has 1 atom stereocenters. The Balaban J connectivity index is 3.81. The molecular formula is C9H18IN3O2S. The molecule has 1 unspecified atom stereocenters. The van der Waals surface area contributed by atoms with Gasteiger partial charge in [-0.1, -0.05) is 13.8 Å². The van der Waals surface area contributed by atoms with Gasteiger partial charge in [0.2, 0.25) is 11.8 Å². The molecule has 0 aliphatic carbocycles. The third-order valence-corrected chi connectivity index (χ3v) is 2.93. The summed E-state index contributed by atoms with van der Waals surface area (Å²) in [7, 11) is 1.34. The highest BCUT2D eigenvalue weighted by Crippen LogP contribution is 2.02. The minimum atomic E-state index is -0.493. The van der Waals surface area contributed by atoms with Crippen molar-refractivity contribution in [1.82, 2.24) is 15.4 Å². The Kier molecular flexibility index (Phi) is 9.04. The van der Waals surface area contributed by atoms with Crippen molar-refractivity contribution in [3.63, 3.8) is 0 Å². The fraction of sp³-hybridized carbons (Fsp3) is 0.778. The number of amides is 2. The summed E-state index contributed by atoms with van der Waals surface area (Å²) >= 11 is 2.03. The van der Waals surface area contributed by atoms with Gasteiger partial charge in [0.15, 0.2) is 0 Å². The highest BCUT2D eigenvalue weighted by atomic mass is 127. The van der Waals surface area contributed by atoms with Crippen molar-refractivity contribution >= 4 is 42.1 Å². The molecule has 0 heterocycles. The highest BCUT2D eigenvalue weighted by Gasteiger charge is 2.14. The molecule has 3 N–H and O–H groups in total. The quantitative estimate of drug-likeness (QED) is 0.466. The van der Waals surface area contributed by atoms with Crippen LogP contribution in [0.25, 0.3) is 0 Å². The molecular weight excluding hydrogens is 341 g/mol. The second-order valence-electron chi connectivity index (χ2n) is 3.83. The zero-order valence-electron chi connectivity index (χ0n) is 9.67. The van der Waals surface area contributed by atoms with E-state index in [2.05, 4.69) is 15.4 Å². The number of halogens is 1. The largest absolute Gasteiger partial charge is 0.354 e. The van der Waals surface area contributed by atoms with Gasteiger partial charge in [-0.2, -0.15) is 0 Å². The third kappa shape index (κ3) is 8.17. The molecule has 0 fully saturated rings. The fourth-order valence-electron chi connectivity index (χ4n) is 0.909. The molecule has 0 aromatic heterocycles. The molecule has 0 saturated carbocycles. The lowest BCUT2D eigenvalue weighted by Gasteiger charge is -2.15. The normalized spacial score (nSPS) is 12.3. The molecule has 0 aliphatic rings. The van der Waals surface area contributed by atoms with Crippen molar-refractivity contribution in [3.05, 3.63) is 0 Å². The average Bonchev–Trinajstić information content (AvgIpc) is 2.22. The molecule has 0 spiro atoms. The first-order valence-corrected chi connectivity index (χ1v) is 8.40. The lowest BCUT2D eigenvalue weighted by atomic mass is 10.2. The van der Waals surface area contributed by atoms with E-state index in [1.54, 1.807) is 6.92 Å². The molecule has 0 bridgehead atoms. The van der Waals surface area contributed by atoms with Crippen LogP contribution in [0, 0.1) is 5.92 Å². The summed E-state index contributed by atoms with van der Waals surface area (Å²) in [5, 5.41) is 5.37. The zero-order valence-corrected chi connectivity index (χ0v) is 12.6. The van der Waals surface area contributed by atoms with Gasteiger partial charge >= 0.3 is 0 Å². The van der Waals surface area contributed by atoms with Gasteiger partial charge < -0.3 is 10.6 Å². The third-order valence-electron chi connectivity index (χ3n) is 1.74. The molecule has 0 saturated heterocycles. The van der Waals surface area contributed by atoms with E-state index in [0.29, 0.717) is 12.5 Å². The van der Waals surface area contributed by atoms with Crippen LogP contribution < -0.4 is 15.4 Å². The average molecular weight is 359 g/mol. The van der Waals surface area contributed by atoms with Crippen molar-refractivity contribution in [2.45, 2.75) is 26.8 Å². The number of hydrogen-bond acceptors (Lipinski definition) is 4. The van der Waals surface area contributed by atoms with Gasteiger partial charge in [0.25, 0.3) is 0 Å². The number of nitrogens with one attached hydrogen (secondary N) is 3. The Morgan fingerprint density at radius 2 is 1.94 bits per heavy atom. The number of carbonyl (C=O) groups is 2. The first kappa shape index (κ1) is 16.0. The van der Waals surface area contributed by atoms with E-state index in [-0.39, 0.29) is 18.4 Å². The van der Waals surface area contributed by atoms with E-state index >= 15 is 0 Å². The summed E-state index contributed by atoms with van der Waals surface area (Å²) in [5.74, 6) is 0.0736. The molecule has 0 aliphatic heterocycles. The summed E-state index contributed by atoms with van der Waals surface area (Å²) in [4.78, 5) is 22.8. The van der Waals surface area contributed by atoms with Crippen LogP contribution in [0.3, 0.4) is 0 Å². The molecule has 0 aromatic carbocycles. The smallest absolute Gasteiger partial charge is 0.242 e. The topological polar surface area (TPSA) is 70.2 Å². The van der Waals surface area contributed by atoms with Gasteiger partial charge in [-0.15, -0.1) is 0 Å². The van der Waals surface area contributed by atoms with E-state index in [1.807, 2.05) is 35.1 Å². The van der Waals surface area contributed by atoms with Crippen LogP contribution in [0.1, 0.15) is 20.8 Å². The van der Waals surface area contributed by atoms with Crippen LogP contribution in [-0.2, 0) is 9.59 Å². The maximum atomic E-state index is 11.5. The van der Waals surface area contributed by atoms with E-state index < -0.39 is 6.04 Å². The molecule has 7 heteroatoms. The van der Waals surface area contributed by atoms with Crippen molar-refractivity contribution in [1.29, 1.82) is 0 Å². The highest BCUT2D eigenvalue weighted by molar-refractivity contribution is 14.2. The van der Waals surface area contributed by atoms with Gasteiger partial charge in [0, 0.05) is 27.8 Å². The first-order valence-electron chi connectivity index (χ1n) is 5.04. The number of hydrogen-bond donors (Lipinski definition) is 3. The van der Waals surface area contributed by atoms with E-state index in [9.17, 15) is 9.59 Å². The lowest BCUT2D eigenvalue weighted by Crippen LogP contribution is -2.47. The Labute approximate surface area is 113 Å². The monoisotopic (exact) mass is 359 g/mol. The fourth-order valence-corrected chi connectivity index (χ4v) is 1.56. The molecule has 0 rings (SSSR count). The lowest BCUT2D eigenvalue weighted by molar-refractivity contribution is -0.128. The minimum absolute atomic E-state index is 0.149. The first-order chi connectivity index (χ1) is 7.47. The number of rotatable bonds is 7. The SMILES string of the molecule is CC(C)CNC(=O)C(C)NC(=O)CNSI. The van der Waals surface area contributed by atoms with Gasteiger partial charge in [0.05, 0.1) is 6.54 Å². The van der Waals surface area contributed by atoms with Crippen LogP contribution >= 0.6 is 30.3 Å². The van der Waals surface area contributed by atoms with Gasteiger partial charge in [0.1, 0.15) is 6.04 Å². The second kappa shape index (κ2) is 9.06. The Morgan fingerprint density at radius 3 is 2.44 bits per heavy atom. The molecule has 94 valence electrons. The van der Waals surface area contributed by atoms with E-state index in [1.165, 1.54) is 9.12 Å². The van der Waals surface area contributed by atoms with Crippen molar-refractivity contribution in [2.75, 3.05) is 13.1 Å². The summed E-state index contributed by atoms with van der Waals surface area (Å²) < 4.78 is 2.80. The predicted molar refractivity (Wildman–Crippen MR) is 75.1 cm³/mol. The molecule has 16 heavy (non-hydrogen) atoms. The van der Waals surface area contributed by atoms with Crippen LogP contribution in [0.2, 0.25) is 0 Å². The van der Waals surface area contributed by atoms with Crippen LogP contribution in [0.15, 0.2) is 0 Å². The number of carbonyl (C=O) groups excluding carboxylic acids is 2. The molecule has 0 radical (unpaired) electrons. The molecule has 0 aromatic rings. The maximum absolute atomic E-state index is 11.5. The molecule has 5 nitrogen and oxygen atoms in total. The van der Waals surface area contributed by atoms with E-state index in [4.69, 9.17) is 0 Å². The standard InChI is InChI=1S/C9H18IN3O2S/c1-6(2)4-11-9(15)7(3)13-8(14)5-12-16-10/h6-7,12H,4-5H2,1-3H3,(H,11,15)(H,13,14). The summed E-state index contributed by atoms with van der Waals surface area (Å²) in [6.07, 6.45) is 0. The van der Waals surface area contributed by atoms with Crippen molar-refractivity contribution in [3.8, 4) is 0 Å². The summed E-state index contributed by atoms with van der Waals surface area (Å²) in [6, 6.07) is -0.493. The summed E-state index contributed by atoms with van der Waals surface area (Å²) in [6.45, 7) is 6.54. The zero-order chi connectivity index (χ0) is 12.6. The summed E-state index contributed by atoms with van der Waals surface area (Å²) in [5.41, 5.74) is 0. The second-order valence-corrected chi connectivity index (χ2v) is 5.59. The van der Waals surface area contributed by atoms with Crippen LogP contribution in [0.5, 0.6) is 0 Å². The van der Waals surface area contributed by atoms with Gasteiger partial charge in [-0.3, -0.25) is 9.59 Å². The van der Waals surface area contributed by atoms with Crippen molar-refractivity contribution in [2.24, 2.45) is 5.92 Å². The minimum Gasteiger partial charge on any atom is -0.354 e. The van der Waals surface area contributed by atoms with Crippen LogP contribution in [-0.4, -0.2) is 30.9 Å². The Bertz CT molecular complexity index is 239. The van der Waals surface area contributed by atoms with Crippen molar-refractivity contribution < 1.29 is 9.59 Å². The maximum Gasteiger partial charge on any atom is 0.242 e. The molecule has 2 amide bonds. The Morgan fingerprint density at radius 1 is 1.31 bits per heavy atom. The van der Waals surface area contributed by atoms with Crippen LogP contribution in [0.4, 0.5) is 0 Å².